The first-order chi connectivity index (χ1) is 12.5. The van der Waals surface area contributed by atoms with Gasteiger partial charge in [0.25, 0.3) is 11.6 Å². The molecule has 0 aromatic heterocycles. The lowest BCUT2D eigenvalue weighted by molar-refractivity contribution is -0.384. The van der Waals surface area contributed by atoms with Gasteiger partial charge in [0.2, 0.25) is 0 Å². The Labute approximate surface area is 151 Å². The van der Waals surface area contributed by atoms with Crippen molar-refractivity contribution >= 4 is 23.3 Å². The number of carbonyl (C=O) groups is 2. The Bertz CT molecular complexity index is 711. The van der Waals surface area contributed by atoms with Crippen LogP contribution < -0.4 is 10.2 Å². The summed E-state index contributed by atoms with van der Waals surface area (Å²) in [7, 11) is 0. The topological polar surface area (TPSA) is 102 Å². The van der Waals surface area contributed by atoms with Crippen molar-refractivity contribution < 1.29 is 19.2 Å². The van der Waals surface area contributed by atoms with Crippen molar-refractivity contribution in [1.82, 2.24) is 5.32 Å². The van der Waals surface area contributed by atoms with E-state index in [0.29, 0.717) is 11.6 Å². The van der Waals surface area contributed by atoms with Crippen molar-refractivity contribution in [3.8, 4) is 0 Å². The summed E-state index contributed by atoms with van der Waals surface area (Å²) >= 11 is 0. The van der Waals surface area contributed by atoms with E-state index in [9.17, 15) is 19.7 Å². The Kier molecular flexibility index (Phi) is 5.39. The third-order valence-corrected chi connectivity index (χ3v) is 4.91. The molecule has 26 heavy (non-hydrogen) atoms. The fourth-order valence-electron chi connectivity index (χ4n) is 3.25. The summed E-state index contributed by atoms with van der Waals surface area (Å²) in [5.74, 6) is -0.566. The number of esters is 1. The molecule has 1 aromatic carbocycles. The predicted octanol–water partition coefficient (Wildman–Crippen LogP) is 2.27. The average Bonchev–Trinajstić information content (AvgIpc) is 3.34. The van der Waals surface area contributed by atoms with E-state index in [0.717, 1.165) is 38.8 Å². The molecule has 0 unspecified atom stereocenters. The van der Waals surface area contributed by atoms with Gasteiger partial charge in [0, 0.05) is 31.3 Å². The van der Waals surface area contributed by atoms with Crippen LogP contribution in [0.25, 0.3) is 0 Å². The van der Waals surface area contributed by atoms with Gasteiger partial charge in [-0.3, -0.25) is 14.9 Å². The maximum Gasteiger partial charge on any atom is 0.341 e. The van der Waals surface area contributed by atoms with Gasteiger partial charge in [-0.15, -0.1) is 0 Å². The van der Waals surface area contributed by atoms with Gasteiger partial charge in [-0.1, -0.05) is 0 Å². The number of carbonyl (C=O) groups excluding carboxylic acids is 2. The first kappa shape index (κ1) is 18.2. The van der Waals surface area contributed by atoms with E-state index in [1.165, 1.54) is 12.1 Å². The minimum absolute atomic E-state index is 0.0687. The molecule has 1 atom stereocenters. The molecule has 8 heteroatoms. The highest BCUT2D eigenvalue weighted by Crippen LogP contribution is 2.32. The maximum atomic E-state index is 12.5. The molecule has 140 valence electrons. The Balaban J connectivity index is 1.68. The van der Waals surface area contributed by atoms with E-state index in [4.69, 9.17) is 4.74 Å². The van der Waals surface area contributed by atoms with Gasteiger partial charge < -0.3 is 15.0 Å². The molecule has 2 aliphatic rings. The molecule has 1 heterocycles. The number of hydrogen-bond acceptors (Lipinski definition) is 6. The van der Waals surface area contributed by atoms with Crippen LogP contribution in [0.2, 0.25) is 0 Å². The molecule has 1 saturated heterocycles. The van der Waals surface area contributed by atoms with Crippen molar-refractivity contribution in [2.24, 2.45) is 5.92 Å². The lowest BCUT2D eigenvalue weighted by atomic mass is 10.1. The number of amides is 1. The van der Waals surface area contributed by atoms with Crippen molar-refractivity contribution in [3.05, 3.63) is 33.9 Å². The van der Waals surface area contributed by atoms with E-state index in [-0.39, 0.29) is 23.2 Å². The van der Waals surface area contributed by atoms with Crippen LogP contribution >= 0.6 is 0 Å². The number of anilines is 1. The summed E-state index contributed by atoms with van der Waals surface area (Å²) < 4.78 is 5.13. The normalized spacial score (nSPS) is 17.7. The van der Waals surface area contributed by atoms with Crippen LogP contribution in [0.1, 0.15) is 43.0 Å². The number of nitrogens with zero attached hydrogens (tertiary/aromatic N) is 2. The van der Waals surface area contributed by atoms with E-state index in [1.54, 1.807) is 6.07 Å². The minimum atomic E-state index is -0.718. The average molecular weight is 361 g/mol. The van der Waals surface area contributed by atoms with Crippen LogP contribution in [-0.4, -0.2) is 42.5 Å². The summed E-state index contributed by atoms with van der Waals surface area (Å²) in [5, 5.41) is 13.9. The molecule has 8 nitrogen and oxygen atoms in total. The molecule has 1 N–H and O–H groups in total. The monoisotopic (exact) mass is 361 g/mol. The van der Waals surface area contributed by atoms with Crippen LogP contribution in [0.4, 0.5) is 11.4 Å². The van der Waals surface area contributed by atoms with Crippen molar-refractivity contribution in [3.63, 3.8) is 0 Å². The zero-order valence-electron chi connectivity index (χ0n) is 14.8. The molecule has 1 saturated carbocycles. The largest absolute Gasteiger partial charge is 0.452 e. The molecule has 0 bridgehead atoms. The standard InChI is InChI=1S/C18H23N3O5/c1-12(13-4-5-13)19-17(22)11-26-18(23)15-10-14(21(24)25)6-7-16(15)20-8-2-3-9-20/h6-7,10,12-13H,2-5,8-9,11H2,1H3,(H,19,22)/t12-/m1/s1. The molecule has 1 aliphatic heterocycles. The van der Waals surface area contributed by atoms with Crippen LogP contribution in [-0.2, 0) is 9.53 Å². The second-order valence-corrected chi connectivity index (χ2v) is 6.92. The van der Waals surface area contributed by atoms with Gasteiger partial charge in [0.1, 0.15) is 0 Å². The zero-order chi connectivity index (χ0) is 18.7. The molecular weight excluding hydrogens is 338 g/mol. The van der Waals surface area contributed by atoms with E-state index < -0.39 is 17.5 Å². The molecule has 2 fully saturated rings. The summed E-state index contributed by atoms with van der Waals surface area (Å²) in [6, 6.07) is 4.25. The summed E-state index contributed by atoms with van der Waals surface area (Å²) in [5.41, 5.74) is 0.570. The molecule has 1 aromatic rings. The number of rotatable bonds is 7. The molecule has 0 radical (unpaired) electrons. The second-order valence-electron chi connectivity index (χ2n) is 6.92. The highest BCUT2D eigenvalue weighted by Gasteiger charge is 2.29. The Morgan fingerprint density at radius 2 is 2.04 bits per heavy atom. The van der Waals surface area contributed by atoms with Gasteiger partial charge in [0.15, 0.2) is 6.61 Å². The van der Waals surface area contributed by atoms with Gasteiger partial charge in [0.05, 0.1) is 16.2 Å². The molecule has 3 rings (SSSR count). The zero-order valence-corrected chi connectivity index (χ0v) is 14.8. The summed E-state index contributed by atoms with van der Waals surface area (Å²) in [6.07, 6.45) is 4.22. The SMILES string of the molecule is C[C@@H](NC(=O)COC(=O)c1cc([N+](=O)[O-])ccc1N1CCCC1)C1CC1. The highest BCUT2D eigenvalue weighted by molar-refractivity contribution is 5.97. The number of nitro benzene ring substituents is 1. The third-order valence-electron chi connectivity index (χ3n) is 4.91. The quantitative estimate of drug-likeness (QED) is 0.454. The second kappa shape index (κ2) is 7.72. The van der Waals surface area contributed by atoms with Crippen molar-refractivity contribution in [2.45, 2.75) is 38.6 Å². The first-order valence-corrected chi connectivity index (χ1v) is 8.95. The number of nitrogens with one attached hydrogen (secondary N) is 1. The van der Waals surface area contributed by atoms with Crippen LogP contribution in [0, 0.1) is 16.0 Å². The van der Waals surface area contributed by atoms with E-state index >= 15 is 0 Å². The maximum absolute atomic E-state index is 12.5. The third kappa shape index (κ3) is 4.30. The Morgan fingerprint density at radius 3 is 2.65 bits per heavy atom. The van der Waals surface area contributed by atoms with Gasteiger partial charge >= 0.3 is 5.97 Å². The number of ether oxygens (including phenoxy) is 1. The Hall–Kier alpha value is -2.64. The molecule has 0 spiro atoms. The highest BCUT2D eigenvalue weighted by atomic mass is 16.6. The number of benzene rings is 1. The van der Waals surface area contributed by atoms with E-state index in [2.05, 4.69) is 5.32 Å². The number of nitro groups is 1. The fraction of sp³-hybridized carbons (Fsp3) is 0.556. The first-order valence-electron chi connectivity index (χ1n) is 8.95. The lowest BCUT2D eigenvalue weighted by Crippen LogP contribution is -2.37. The van der Waals surface area contributed by atoms with E-state index in [1.807, 2.05) is 11.8 Å². The summed E-state index contributed by atoms with van der Waals surface area (Å²) in [4.78, 5) is 36.9. The Morgan fingerprint density at radius 1 is 1.35 bits per heavy atom. The summed E-state index contributed by atoms with van der Waals surface area (Å²) in [6.45, 7) is 3.12. The van der Waals surface area contributed by atoms with Gasteiger partial charge in [-0.2, -0.15) is 0 Å². The van der Waals surface area contributed by atoms with Crippen molar-refractivity contribution in [1.29, 1.82) is 0 Å². The molecule has 1 amide bonds. The number of non-ortho nitro benzene ring substituents is 1. The van der Waals surface area contributed by atoms with Gasteiger partial charge in [-0.05, 0) is 44.6 Å². The predicted molar refractivity (Wildman–Crippen MR) is 95.2 cm³/mol. The van der Waals surface area contributed by atoms with Crippen LogP contribution in [0.15, 0.2) is 18.2 Å². The lowest BCUT2D eigenvalue weighted by Gasteiger charge is -2.20. The smallest absolute Gasteiger partial charge is 0.341 e. The minimum Gasteiger partial charge on any atom is -0.452 e. The van der Waals surface area contributed by atoms with Gasteiger partial charge in [-0.25, -0.2) is 4.79 Å². The molecule has 1 aliphatic carbocycles. The molecular formula is C18H23N3O5. The fourth-order valence-corrected chi connectivity index (χ4v) is 3.25. The van der Waals surface area contributed by atoms with Crippen LogP contribution in [0.3, 0.4) is 0 Å². The van der Waals surface area contributed by atoms with Crippen LogP contribution in [0.5, 0.6) is 0 Å². The van der Waals surface area contributed by atoms with Crippen molar-refractivity contribution in [2.75, 3.05) is 24.6 Å². The number of hydrogen-bond donors (Lipinski definition) is 1.